The van der Waals surface area contributed by atoms with Crippen LogP contribution in [0.3, 0.4) is 0 Å². The van der Waals surface area contributed by atoms with Crippen LogP contribution in [0.25, 0.3) is 0 Å². The molecule has 0 fully saturated rings. The zero-order valence-corrected chi connectivity index (χ0v) is 11.8. The Hall–Kier alpha value is -0.570. The lowest BCUT2D eigenvalue weighted by molar-refractivity contribution is -0.129. The van der Waals surface area contributed by atoms with Crippen molar-refractivity contribution in [2.24, 2.45) is 5.41 Å². The number of ether oxygens (including phenoxy) is 1. The van der Waals surface area contributed by atoms with Crippen LogP contribution in [0, 0.1) is 5.41 Å². The van der Waals surface area contributed by atoms with Crippen LogP contribution in [0.4, 0.5) is 0 Å². The summed E-state index contributed by atoms with van der Waals surface area (Å²) in [6.45, 7) is 14.6. The average Bonchev–Trinajstić information content (AvgIpc) is 1.94. The van der Waals surface area contributed by atoms with Crippen molar-refractivity contribution in [1.82, 2.24) is 5.32 Å². The highest BCUT2D eigenvalue weighted by atomic mass is 16.5. The molecule has 0 unspecified atom stereocenters. The van der Waals surface area contributed by atoms with Crippen molar-refractivity contribution < 1.29 is 9.53 Å². The Morgan fingerprint density at radius 1 is 1.19 bits per heavy atom. The molecule has 96 valence electrons. The van der Waals surface area contributed by atoms with Crippen molar-refractivity contribution >= 4 is 5.91 Å². The molecule has 0 spiro atoms. The number of carbonyl (C=O) groups excluding carboxylic acids is 1. The van der Waals surface area contributed by atoms with Crippen molar-refractivity contribution in [2.75, 3.05) is 6.61 Å². The number of nitrogens with one attached hydrogen (secondary N) is 1. The molecule has 3 nitrogen and oxygen atoms in total. The number of carbonyl (C=O) groups is 1. The van der Waals surface area contributed by atoms with E-state index >= 15 is 0 Å². The lowest BCUT2D eigenvalue weighted by atomic mass is 9.82. The lowest BCUT2D eigenvalue weighted by Gasteiger charge is -2.33. The number of hydrogen-bond acceptors (Lipinski definition) is 2. The minimum Gasteiger partial charge on any atom is -0.369 e. The Morgan fingerprint density at radius 3 is 2.06 bits per heavy atom. The van der Waals surface area contributed by atoms with Gasteiger partial charge < -0.3 is 10.1 Å². The molecular weight excluding hydrogens is 202 g/mol. The van der Waals surface area contributed by atoms with Gasteiger partial charge in [0.1, 0.15) is 6.61 Å². The maximum Gasteiger partial charge on any atom is 0.246 e. The van der Waals surface area contributed by atoms with E-state index in [1.54, 1.807) is 0 Å². The van der Waals surface area contributed by atoms with Gasteiger partial charge in [0.15, 0.2) is 0 Å². The molecule has 0 rings (SSSR count). The van der Waals surface area contributed by atoms with E-state index in [2.05, 4.69) is 26.1 Å². The first-order chi connectivity index (χ1) is 7.02. The summed E-state index contributed by atoms with van der Waals surface area (Å²) >= 11 is 0. The molecule has 1 amide bonds. The summed E-state index contributed by atoms with van der Waals surface area (Å²) in [7, 11) is 0. The van der Waals surface area contributed by atoms with Crippen LogP contribution in [0.1, 0.15) is 54.9 Å². The molecule has 0 heterocycles. The first-order valence-corrected chi connectivity index (χ1v) is 5.94. The maximum absolute atomic E-state index is 11.6. The topological polar surface area (TPSA) is 38.3 Å². The third-order valence-electron chi connectivity index (χ3n) is 2.00. The molecule has 0 aliphatic carbocycles. The van der Waals surface area contributed by atoms with Crippen LogP contribution in [0.5, 0.6) is 0 Å². The SMILES string of the molecule is CC(C)OCC(=O)NC(C)(C)CC(C)(C)C. The molecular formula is C13H27NO2. The average molecular weight is 229 g/mol. The summed E-state index contributed by atoms with van der Waals surface area (Å²) in [5.74, 6) is -0.0389. The van der Waals surface area contributed by atoms with Gasteiger partial charge in [-0.25, -0.2) is 0 Å². The number of amides is 1. The highest BCUT2D eigenvalue weighted by molar-refractivity contribution is 5.77. The lowest BCUT2D eigenvalue weighted by Crippen LogP contribution is -2.47. The molecule has 0 aliphatic rings. The first-order valence-electron chi connectivity index (χ1n) is 5.94. The van der Waals surface area contributed by atoms with E-state index in [1.807, 2.05) is 27.7 Å². The molecule has 0 atom stereocenters. The molecule has 16 heavy (non-hydrogen) atoms. The van der Waals surface area contributed by atoms with Crippen molar-refractivity contribution in [1.29, 1.82) is 0 Å². The quantitative estimate of drug-likeness (QED) is 0.787. The summed E-state index contributed by atoms with van der Waals surface area (Å²) in [6, 6.07) is 0. The molecule has 0 aliphatic heterocycles. The van der Waals surface area contributed by atoms with Gasteiger partial charge in [0.2, 0.25) is 5.91 Å². The van der Waals surface area contributed by atoms with Crippen molar-refractivity contribution in [3.8, 4) is 0 Å². The largest absolute Gasteiger partial charge is 0.369 e. The van der Waals surface area contributed by atoms with Crippen LogP contribution < -0.4 is 5.32 Å². The first kappa shape index (κ1) is 15.4. The maximum atomic E-state index is 11.6. The van der Waals surface area contributed by atoms with E-state index in [0.717, 1.165) is 6.42 Å². The van der Waals surface area contributed by atoms with Crippen LogP contribution >= 0.6 is 0 Å². The van der Waals surface area contributed by atoms with E-state index in [4.69, 9.17) is 4.74 Å². The van der Waals surface area contributed by atoms with Crippen LogP contribution in [-0.2, 0) is 9.53 Å². The van der Waals surface area contributed by atoms with Gasteiger partial charge in [-0.05, 0) is 39.5 Å². The third kappa shape index (κ3) is 8.72. The van der Waals surface area contributed by atoms with E-state index in [1.165, 1.54) is 0 Å². The highest BCUT2D eigenvalue weighted by Gasteiger charge is 2.26. The van der Waals surface area contributed by atoms with Gasteiger partial charge in [0.05, 0.1) is 6.10 Å². The molecule has 0 aromatic heterocycles. The van der Waals surface area contributed by atoms with Gasteiger partial charge in [-0.2, -0.15) is 0 Å². The fourth-order valence-electron chi connectivity index (χ4n) is 2.03. The predicted molar refractivity (Wildman–Crippen MR) is 67.4 cm³/mol. The van der Waals surface area contributed by atoms with Crippen LogP contribution in [0.15, 0.2) is 0 Å². The van der Waals surface area contributed by atoms with Gasteiger partial charge >= 0.3 is 0 Å². The second-order valence-corrected chi connectivity index (χ2v) is 6.53. The standard InChI is InChI=1S/C13H27NO2/c1-10(2)16-8-11(15)14-13(6,7)9-12(3,4)5/h10H,8-9H2,1-7H3,(H,14,15). The second kappa shape index (κ2) is 5.67. The zero-order valence-electron chi connectivity index (χ0n) is 11.8. The fourth-order valence-corrected chi connectivity index (χ4v) is 2.03. The molecule has 0 aromatic rings. The van der Waals surface area contributed by atoms with Crippen LogP contribution in [0.2, 0.25) is 0 Å². The number of rotatable bonds is 5. The summed E-state index contributed by atoms with van der Waals surface area (Å²) in [5, 5.41) is 3.00. The van der Waals surface area contributed by atoms with Crippen LogP contribution in [-0.4, -0.2) is 24.2 Å². The Balaban J connectivity index is 4.10. The van der Waals surface area contributed by atoms with Crippen molar-refractivity contribution in [2.45, 2.75) is 66.5 Å². The minimum absolute atomic E-state index is 0.0389. The number of hydrogen-bond donors (Lipinski definition) is 1. The smallest absolute Gasteiger partial charge is 0.246 e. The molecule has 1 N–H and O–H groups in total. The van der Waals surface area contributed by atoms with Gasteiger partial charge in [0, 0.05) is 5.54 Å². The minimum atomic E-state index is -0.185. The van der Waals surface area contributed by atoms with Gasteiger partial charge in [-0.1, -0.05) is 20.8 Å². The Labute approximate surface area is 99.9 Å². The Morgan fingerprint density at radius 2 is 1.69 bits per heavy atom. The molecule has 0 radical (unpaired) electrons. The van der Waals surface area contributed by atoms with E-state index in [9.17, 15) is 4.79 Å². The van der Waals surface area contributed by atoms with Gasteiger partial charge in [0.25, 0.3) is 0 Å². The Kier molecular flexibility index (Phi) is 5.47. The highest BCUT2D eigenvalue weighted by Crippen LogP contribution is 2.26. The van der Waals surface area contributed by atoms with Gasteiger partial charge in [-0.15, -0.1) is 0 Å². The summed E-state index contributed by atoms with van der Waals surface area (Å²) in [6.07, 6.45) is 1.03. The predicted octanol–water partition coefficient (Wildman–Crippen LogP) is 2.74. The van der Waals surface area contributed by atoms with E-state index < -0.39 is 0 Å². The molecule has 0 bridgehead atoms. The molecule has 3 heteroatoms. The second-order valence-electron chi connectivity index (χ2n) is 6.53. The summed E-state index contributed by atoms with van der Waals surface area (Å²) < 4.78 is 5.27. The normalized spacial score (nSPS) is 13.0. The monoisotopic (exact) mass is 229 g/mol. The molecule has 0 saturated carbocycles. The summed E-state index contributed by atoms with van der Waals surface area (Å²) in [4.78, 5) is 11.6. The molecule has 0 aromatic carbocycles. The molecule has 0 saturated heterocycles. The third-order valence-corrected chi connectivity index (χ3v) is 2.00. The van der Waals surface area contributed by atoms with E-state index in [0.29, 0.717) is 0 Å². The van der Waals surface area contributed by atoms with Crippen molar-refractivity contribution in [3.63, 3.8) is 0 Å². The van der Waals surface area contributed by atoms with Gasteiger partial charge in [-0.3, -0.25) is 4.79 Å². The zero-order chi connectivity index (χ0) is 13.0. The van der Waals surface area contributed by atoms with E-state index in [-0.39, 0.29) is 29.6 Å². The fraction of sp³-hybridized carbons (Fsp3) is 0.923. The Bertz CT molecular complexity index is 227. The van der Waals surface area contributed by atoms with Crippen molar-refractivity contribution in [3.05, 3.63) is 0 Å². The summed E-state index contributed by atoms with van der Waals surface area (Å²) in [5.41, 5.74) is 0.0192.